The average molecular weight is 258 g/mol. The summed E-state index contributed by atoms with van der Waals surface area (Å²) in [5, 5.41) is 10.9. The standard InChI is InChI=1S/C16H15FO2/c1-19-13-7-4-6-12(10-13)16(18)14-8-3-2-5-11(14)9-15(16)17/h2-8,10,15,18H,9H2,1H3. The molecule has 0 saturated heterocycles. The van der Waals surface area contributed by atoms with Gasteiger partial charge in [-0.25, -0.2) is 4.39 Å². The van der Waals surface area contributed by atoms with Crippen LogP contribution in [0.4, 0.5) is 4.39 Å². The van der Waals surface area contributed by atoms with E-state index in [0.717, 1.165) is 5.56 Å². The lowest BCUT2D eigenvalue weighted by atomic mass is 9.87. The lowest BCUT2D eigenvalue weighted by Gasteiger charge is -2.27. The molecular formula is C16H15FO2. The number of benzene rings is 2. The minimum atomic E-state index is -1.58. The maximum absolute atomic E-state index is 14.4. The predicted molar refractivity (Wildman–Crippen MR) is 71.0 cm³/mol. The van der Waals surface area contributed by atoms with Crippen molar-refractivity contribution in [3.63, 3.8) is 0 Å². The minimum absolute atomic E-state index is 0.240. The van der Waals surface area contributed by atoms with E-state index in [0.29, 0.717) is 16.9 Å². The highest BCUT2D eigenvalue weighted by atomic mass is 19.1. The Bertz CT molecular complexity index is 611. The van der Waals surface area contributed by atoms with Crippen molar-refractivity contribution in [3.05, 3.63) is 65.2 Å². The van der Waals surface area contributed by atoms with Crippen LogP contribution >= 0.6 is 0 Å². The normalized spacial score (nSPS) is 25.1. The molecule has 2 aromatic carbocycles. The van der Waals surface area contributed by atoms with Crippen LogP contribution in [0.15, 0.2) is 48.5 Å². The van der Waals surface area contributed by atoms with E-state index in [9.17, 15) is 9.50 Å². The zero-order chi connectivity index (χ0) is 13.5. The fourth-order valence-corrected chi connectivity index (χ4v) is 2.78. The first-order valence-electron chi connectivity index (χ1n) is 6.25. The summed E-state index contributed by atoms with van der Waals surface area (Å²) in [6, 6.07) is 14.3. The number of aliphatic hydroxyl groups is 1. The second-order valence-corrected chi connectivity index (χ2v) is 4.83. The Hall–Kier alpha value is -1.87. The van der Waals surface area contributed by atoms with Crippen molar-refractivity contribution in [2.45, 2.75) is 18.2 Å². The third-order valence-electron chi connectivity index (χ3n) is 3.79. The van der Waals surface area contributed by atoms with Gasteiger partial charge in [-0.15, -0.1) is 0 Å². The van der Waals surface area contributed by atoms with Gasteiger partial charge in [-0.1, -0.05) is 36.4 Å². The highest BCUT2D eigenvalue weighted by molar-refractivity contribution is 5.48. The van der Waals surface area contributed by atoms with Crippen LogP contribution < -0.4 is 4.74 Å². The molecule has 0 fully saturated rings. The van der Waals surface area contributed by atoms with E-state index in [1.165, 1.54) is 0 Å². The maximum Gasteiger partial charge on any atom is 0.146 e. The molecule has 0 spiro atoms. The lowest BCUT2D eigenvalue weighted by molar-refractivity contribution is 0.00955. The van der Waals surface area contributed by atoms with Crippen LogP contribution in [0.25, 0.3) is 0 Å². The Balaban J connectivity index is 2.16. The number of rotatable bonds is 2. The Morgan fingerprint density at radius 1 is 1.21 bits per heavy atom. The van der Waals surface area contributed by atoms with E-state index in [1.54, 1.807) is 37.4 Å². The molecule has 1 N–H and O–H groups in total. The van der Waals surface area contributed by atoms with Crippen molar-refractivity contribution in [2.75, 3.05) is 7.11 Å². The first-order valence-corrected chi connectivity index (χ1v) is 6.25. The monoisotopic (exact) mass is 258 g/mol. The topological polar surface area (TPSA) is 29.5 Å². The smallest absolute Gasteiger partial charge is 0.146 e. The Morgan fingerprint density at radius 2 is 2.00 bits per heavy atom. The maximum atomic E-state index is 14.4. The first-order chi connectivity index (χ1) is 9.16. The molecule has 0 aromatic heterocycles. The number of methoxy groups -OCH3 is 1. The second kappa shape index (κ2) is 4.35. The quantitative estimate of drug-likeness (QED) is 0.897. The van der Waals surface area contributed by atoms with E-state index in [2.05, 4.69) is 0 Å². The largest absolute Gasteiger partial charge is 0.497 e. The van der Waals surface area contributed by atoms with Crippen LogP contribution in [0, 0.1) is 0 Å². The molecule has 0 bridgehead atoms. The average Bonchev–Trinajstić information content (AvgIpc) is 2.72. The molecule has 0 aliphatic heterocycles. The van der Waals surface area contributed by atoms with Gasteiger partial charge in [-0.05, 0) is 28.8 Å². The molecule has 2 atom stereocenters. The summed E-state index contributed by atoms with van der Waals surface area (Å²) in [7, 11) is 1.55. The number of fused-ring (bicyclic) bond motifs is 1. The van der Waals surface area contributed by atoms with Crippen LogP contribution in [0.5, 0.6) is 5.75 Å². The molecule has 98 valence electrons. The van der Waals surface area contributed by atoms with E-state index >= 15 is 0 Å². The van der Waals surface area contributed by atoms with Gasteiger partial charge in [0.15, 0.2) is 0 Å². The molecule has 0 saturated carbocycles. The third-order valence-corrected chi connectivity index (χ3v) is 3.79. The SMILES string of the molecule is COc1cccc(C2(O)c3ccccc3CC2F)c1. The molecule has 0 radical (unpaired) electrons. The highest BCUT2D eigenvalue weighted by Crippen LogP contribution is 2.44. The van der Waals surface area contributed by atoms with Gasteiger partial charge in [-0.2, -0.15) is 0 Å². The lowest BCUT2D eigenvalue weighted by Crippen LogP contribution is -2.34. The van der Waals surface area contributed by atoms with Crippen LogP contribution in [0.3, 0.4) is 0 Å². The van der Waals surface area contributed by atoms with Crippen molar-refractivity contribution >= 4 is 0 Å². The van der Waals surface area contributed by atoms with Gasteiger partial charge in [0.1, 0.15) is 17.5 Å². The van der Waals surface area contributed by atoms with Crippen LogP contribution in [0.1, 0.15) is 16.7 Å². The highest BCUT2D eigenvalue weighted by Gasteiger charge is 2.47. The fraction of sp³-hybridized carbons (Fsp3) is 0.250. The number of halogens is 1. The summed E-state index contributed by atoms with van der Waals surface area (Å²) in [4.78, 5) is 0. The summed E-state index contributed by atoms with van der Waals surface area (Å²) in [5.41, 5.74) is 0.464. The van der Waals surface area contributed by atoms with E-state index in [1.807, 2.05) is 18.2 Å². The minimum Gasteiger partial charge on any atom is -0.497 e. The van der Waals surface area contributed by atoms with Crippen LogP contribution in [0.2, 0.25) is 0 Å². The van der Waals surface area contributed by atoms with E-state index < -0.39 is 11.8 Å². The van der Waals surface area contributed by atoms with E-state index in [4.69, 9.17) is 4.74 Å². The van der Waals surface area contributed by atoms with Crippen LogP contribution in [-0.4, -0.2) is 18.4 Å². The Kier molecular flexibility index (Phi) is 2.79. The van der Waals surface area contributed by atoms with Crippen molar-refractivity contribution in [2.24, 2.45) is 0 Å². The van der Waals surface area contributed by atoms with Gasteiger partial charge >= 0.3 is 0 Å². The summed E-state index contributed by atoms with van der Waals surface area (Å²) in [6.45, 7) is 0. The number of hydrogen-bond acceptors (Lipinski definition) is 2. The molecule has 0 amide bonds. The third kappa shape index (κ3) is 1.73. The van der Waals surface area contributed by atoms with Crippen LogP contribution in [-0.2, 0) is 12.0 Å². The summed E-state index contributed by atoms with van der Waals surface area (Å²) >= 11 is 0. The van der Waals surface area contributed by atoms with Crippen molar-refractivity contribution in [3.8, 4) is 5.75 Å². The van der Waals surface area contributed by atoms with Gasteiger partial charge < -0.3 is 9.84 Å². The predicted octanol–water partition coefficient (Wildman–Crippen LogP) is 2.83. The molecule has 0 heterocycles. The molecule has 1 aliphatic rings. The van der Waals surface area contributed by atoms with Crippen molar-refractivity contribution in [1.29, 1.82) is 0 Å². The van der Waals surface area contributed by atoms with Gasteiger partial charge in [0.05, 0.1) is 7.11 Å². The Labute approximate surface area is 111 Å². The zero-order valence-corrected chi connectivity index (χ0v) is 10.6. The summed E-state index contributed by atoms with van der Waals surface area (Å²) < 4.78 is 19.5. The van der Waals surface area contributed by atoms with Crippen molar-refractivity contribution in [1.82, 2.24) is 0 Å². The first kappa shape index (κ1) is 12.2. The zero-order valence-electron chi connectivity index (χ0n) is 10.6. The number of hydrogen-bond donors (Lipinski definition) is 1. The molecule has 3 rings (SSSR count). The molecule has 1 aliphatic carbocycles. The summed E-state index contributed by atoms with van der Waals surface area (Å²) in [6.07, 6.45) is -1.10. The van der Waals surface area contributed by atoms with Gasteiger partial charge in [0.2, 0.25) is 0 Å². The Morgan fingerprint density at radius 3 is 2.79 bits per heavy atom. The molecule has 2 nitrogen and oxygen atoms in total. The van der Waals surface area contributed by atoms with Gasteiger partial charge in [-0.3, -0.25) is 0 Å². The molecule has 2 aromatic rings. The molecule has 19 heavy (non-hydrogen) atoms. The van der Waals surface area contributed by atoms with Crippen molar-refractivity contribution < 1.29 is 14.2 Å². The molecule has 3 heteroatoms. The van der Waals surface area contributed by atoms with Gasteiger partial charge in [0.25, 0.3) is 0 Å². The fourth-order valence-electron chi connectivity index (χ4n) is 2.78. The molecular weight excluding hydrogens is 243 g/mol. The van der Waals surface area contributed by atoms with Gasteiger partial charge in [0, 0.05) is 6.42 Å². The van der Waals surface area contributed by atoms with E-state index in [-0.39, 0.29) is 6.42 Å². The summed E-state index contributed by atoms with van der Waals surface area (Å²) in [5.74, 6) is 0.613. The molecule has 2 unspecified atom stereocenters. The number of alkyl halides is 1. The second-order valence-electron chi connectivity index (χ2n) is 4.83. The number of ether oxygens (including phenoxy) is 1.